The van der Waals surface area contributed by atoms with Crippen molar-refractivity contribution in [1.29, 1.82) is 5.26 Å². The van der Waals surface area contributed by atoms with Gasteiger partial charge in [0.15, 0.2) is 0 Å². The molecule has 0 saturated heterocycles. The van der Waals surface area contributed by atoms with Crippen LogP contribution in [0.5, 0.6) is 0 Å². The molecule has 0 unspecified atom stereocenters. The van der Waals surface area contributed by atoms with Crippen molar-refractivity contribution in [3.63, 3.8) is 0 Å². The van der Waals surface area contributed by atoms with Crippen molar-refractivity contribution >= 4 is 11.4 Å². The largest absolute Gasteiger partial charge is 0.377 e. The Balaban J connectivity index is 1.81. The Morgan fingerprint density at radius 1 is 1.19 bits per heavy atom. The molecule has 0 aliphatic carbocycles. The third-order valence-electron chi connectivity index (χ3n) is 4.35. The molecule has 0 bridgehead atoms. The van der Waals surface area contributed by atoms with Gasteiger partial charge in [-0.05, 0) is 50.6 Å². The van der Waals surface area contributed by atoms with Crippen LogP contribution in [0.25, 0.3) is 5.69 Å². The van der Waals surface area contributed by atoms with Crippen molar-refractivity contribution in [3.05, 3.63) is 81.2 Å². The Bertz CT molecular complexity index is 1030. The lowest BCUT2D eigenvalue weighted by Crippen LogP contribution is -2.08. The number of nitrogens with one attached hydrogen (secondary N) is 1. The molecule has 27 heavy (non-hydrogen) atoms. The van der Waals surface area contributed by atoms with Crippen molar-refractivity contribution in [2.75, 3.05) is 5.32 Å². The average molecular weight is 361 g/mol. The minimum Gasteiger partial charge on any atom is -0.377 e. The van der Waals surface area contributed by atoms with Crippen LogP contribution in [0.4, 0.5) is 11.4 Å². The number of nitro benzene ring substituents is 1. The van der Waals surface area contributed by atoms with Gasteiger partial charge in [-0.15, -0.1) is 0 Å². The van der Waals surface area contributed by atoms with Crippen LogP contribution in [0.15, 0.2) is 48.5 Å². The quantitative estimate of drug-likeness (QED) is 0.535. The van der Waals surface area contributed by atoms with Gasteiger partial charge < -0.3 is 5.32 Å². The summed E-state index contributed by atoms with van der Waals surface area (Å²) < 4.78 is 1.89. The molecule has 7 heteroatoms. The molecule has 0 radical (unpaired) electrons. The van der Waals surface area contributed by atoms with Crippen LogP contribution in [-0.4, -0.2) is 14.7 Å². The van der Waals surface area contributed by atoms with Gasteiger partial charge in [-0.25, -0.2) is 4.68 Å². The van der Waals surface area contributed by atoms with Crippen molar-refractivity contribution in [3.8, 4) is 11.8 Å². The van der Waals surface area contributed by atoms with Crippen LogP contribution in [0.2, 0.25) is 0 Å². The molecule has 0 aliphatic rings. The number of aryl methyl sites for hydroxylation is 2. The monoisotopic (exact) mass is 361 g/mol. The van der Waals surface area contributed by atoms with E-state index >= 15 is 0 Å². The van der Waals surface area contributed by atoms with Crippen LogP contribution in [-0.2, 0) is 0 Å². The first-order valence-corrected chi connectivity index (χ1v) is 8.47. The van der Waals surface area contributed by atoms with Crippen molar-refractivity contribution in [1.82, 2.24) is 9.78 Å². The van der Waals surface area contributed by atoms with Crippen molar-refractivity contribution in [2.45, 2.75) is 26.8 Å². The van der Waals surface area contributed by atoms with Crippen LogP contribution < -0.4 is 5.32 Å². The molecule has 0 saturated carbocycles. The highest BCUT2D eigenvalue weighted by atomic mass is 16.6. The summed E-state index contributed by atoms with van der Waals surface area (Å²) in [5.41, 5.74) is 4.75. The van der Waals surface area contributed by atoms with Crippen LogP contribution in [0, 0.1) is 35.3 Å². The Kier molecular flexibility index (Phi) is 4.90. The fourth-order valence-electron chi connectivity index (χ4n) is 2.98. The van der Waals surface area contributed by atoms with E-state index in [-0.39, 0.29) is 17.3 Å². The number of nitro groups is 1. The number of nitrogens with zero attached hydrogens (tertiary/aromatic N) is 4. The molecule has 1 aromatic heterocycles. The number of rotatable bonds is 5. The van der Waals surface area contributed by atoms with E-state index in [4.69, 9.17) is 0 Å². The first-order valence-electron chi connectivity index (χ1n) is 8.47. The summed E-state index contributed by atoms with van der Waals surface area (Å²) in [5, 5.41) is 27.9. The maximum Gasteiger partial charge on any atom is 0.270 e. The number of non-ortho nitro benzene ring substituents is 1. The summed E-state index contributed by atoms with van der Waals surface area (Å²) in [5.74, 6) is 0. The highest BCUT2D eigenvalue weighted by Gasteiger charge is 2.13. The van der Waals surface area contributed by atoms with Gasteiger partial charge in [-0.2, -0.15) is 10.4 Å². The topological polar surface area (TPSA) is 96.8 Å². The molecule has 0 spiro atoms. The highest BCUT2D eigenvalue weighted by molar-refractivity contribution is 5.62. The molecule has 2 aromatic carbocycles. The molecule has 0 fully saturated rings. The fraction of sp³-hybridized carbons (Fsp3) is 0.200. The van der Waals surface area contributed by atoms with Gasteiger partial charge in [0.2, 0.25) is 0 Å². The molecule has 0 aliphatic heterocycles. The van der Waals surface area contributed by atoms with Crippen molar-refractivity contribution < 1.29 is 4.92 Å². The Hall–Kier alpha value is -3.66. The lowest BCUT2D eigenvalue weighted by atomic mass is 10.1. The standard InChI is InChI=1S/C20H19N5O2/c1-13-10-14(2)24(23-13)18-6-4-16(5-7-18)15(3)22-20-9-8-19(25(26)27)11-17(20)12-21/h4-11,15,22H,1-3H3/t15-/m1/s1. The number of aromatic nitrogens is 2. The third kappa shape index (κ3) is 3.80. The number of anilines is 1. The summed E-state index contributed by atoms with van der Waals surface area (Å²) in [6, 6.07) is 16.2. The van der Waals surface area contributed by atoms with E-state index < -0.39 is 4.92 Å². The number of hydrogen-bond acceptors (Lipinski definition) is 5. The molecule has 1 N–H and O–H groups in total. The van der Waals surface area contributed by atoms with Gasteiger partial charge in [0, 0.05) is 23.9 Å². The van der Waals surface area contributed by atoms with Crippen molar-refractivity contribution in [2.24, 2.45) is 0 Å². The van der Waals surface area contributed by atoms with E-state index in [9.17, 15) is 15.4 Å². The van der Waals surface area contributed by atoms with Gasteiger partial charge >= 0.3 is 0 Å². The predicted molar refractivity (Wildman–Crippen MR) is 103 cm³/mol. The van der Waals surface area contributed by atoms with E-state index in [1.165, 1.54) is 12.1 Å². The molecule has 0 amide bonds. The van der Waals surface area contributed by atoms with E-state index in [0.717, 1.165) is 22.6 Å². The van der Waals surface area contributed by atoms with Crippen LogP contribution in [0.1, 0.15) is 35.5 Å². The second-order valence-corrected chi connectivity index (χ2v) is 6.40. The Morgan fingerprint density at radius 2 is 1.89 bits per heavy atom. The lowest BCUT2D eigenvalue weighted by molar-refractivity contribution is -0.384. The minimum atomic E-state index is -0.508. The van der Waals surface area contributed by atoms with Gasteiger partial charge in [0.05, 0.1) is 27.6 Å². The summed E-state index contributed by atoms with van der Waals surface area (Å²) >= 11 is 0. The molecule has 3 rings (SSSR count). The first-order chi connectivity index (χ1) is 12.9. The average Bonchev–Trinajstić information content (AvgIpc) is 3.00. The zero-order valence-corrected chi connectivity index (χ0v) is 15.3. The number of benzene rings is 2. The Morgan fingerprint density at radius 3 is 2.44 bits per heavy atom. The maximum atomic E-state index is 10.9. The first kappa shape index (κ1) is 18.1. The molecular weight excluding hydrogens is 342 g/mol. The van der Waals surface area contributed by atoms with E-state index in [2.05, 4.69) is 10.4 Å². The normalized spacial score (nSPS) is 11.6. The Labute approximate surface area is 157 Å². The highest BCUT2D eigenvalue weighted by Crippen LogP contribution is 2.26. The maximum absolute atomic E-state index is 10.9. The summed E-state index contributed by atoms with van der Waals surface area (Å²) in [7, 11) is 0. The van der Waals surface area contributed by atoms with Crippen LogP contribution >= 0.6 is 0 Å². The summed E-state index contributed by atoms with van der Waals surface area (Å²) in [6.07, 6.45) is 0. The summed E-state index contributed by atoms with van der Waals surface area (Å²) in [4.78, 5) is 10.4. The number of nitriles is 1. The van der Waals surface area contributed by atoms with Gasteiger partial charge in [0.25, 0.3) is 5.69 Å². The fourth-order valence-corrected chi connectivity index (χ4v) is 2.98. The number of hydrogen-bond donors (Lipinski definition) is 1. The molecule has 136 valence electrons. The SMILES string of the molecule is Cc1cc(C)n(-c2ccc([C@@H](C)Nc3ccc([N+](=O)[O-])cc3C#N)cc2)n1. The van der Waals surface area contributed by atoms with Gasteiger partial charge in [-0.3, -0.25) is 10.1 Å². The zero-order valence-electron chi connectivity index (χ0n) is 15.3. The molecular formula is C20H19N5O2. The molecule has 1 atom stereocenters. The third-order valence-corrected chi connectivity index (χ3v) is 4.35. The lowest BCUT2D eigenvalue weighted by Gasteiger charge is -2.17. The van der Waals surface area contributed by atoms with E-state index in [1.54, 1.807) is 6.07 Å². The molecule has 7 nitrogen and oxygen atoms in total. The van der Waals surface area contributed by atoms with Crippen LogP contribution in [0.3, 0.4) is 0 Å². The zero-order chi connectivity index (χ0) is 19.6. The predicted octanol–water partition coefficient (Wildman–Crippen LogP) is 4.44. The smallest absolute Gasteiger partial charge is 0.270 e. The summed E-state index contributed by atoms with van der Waals surface area (Å²) in [6.45, 7) is 5.94. The second-order valence-electron chi connectivity index (χ2n) is 6.40. The van der Waals surface area contributed by atoms with E-state index in [0.29, 0.717) is 5.69 Å². The second kappa shape index (κ2) is 7.30. The molecule has 3 aromatic rings. The van der Waals surface area contributed by atoms with Gasteiger partial charge in [0.1, 0.15) is 6.07 Å². The minimum absolute atomic E-state index is 0.0759. The van der Waals surface area contributed by atoms with Gasteiger partial charge in [-0.1, -0.05) is 12.1 Å². The van der Waals surface area contributed by atoms with E-state index in [1.807, 2.05) is 61.9 Å². The molecule has 1 heterocycles.